The number of pyridine rings is 1. The quantitative estimate of drug-likeness (QED) is 0.305. The summed E-state index contributed by atoms with van der Waals surface area (Å²) >= 11 is 6.17. The maximum atomic E-state index is 6.17. The van der Waals surface area contributed by atoms with Gasteiger partial charge in [0.25, 0.3) is 0 Å². The van der Waals surface area contributed by atoms with Gasteiger partial charge in [-0.15, -0.1) is 0 Å². The third-order valence-corrected chi connectivity index (χ3v) is 5.52. The van der Waals surface area contributed by atoms with Crippen LogP contribution in [0.2, 0.25) is 5.02 Å². The number of fused-ring (bicyclic) bond motifs is 3. The summed E-state index contributed by atoms with van der Waals surface area (Å²) in [6, 6.07) is 25.4. The van der Waals surface area contributed by atoms with Crippen molar-refractivity contribution in [1.82, 2.24) is 19.9 Å². The first-order valence-corrected chi connectivity index (χ1v) is 10.5. The van der Waals surface area contributed by atoms with Gasteiger partial charge < -0.3 is 4.42 Å². The summed E-state index contributed by atoms with van der Waals surface area (Å²) in [5.41, 5.74) is 3.96. The first kappa shape index (κ1) is 18.7. The molecule has 3 aromatic carbocycles. The Morgan fingerprint density at radius 3 is 1.91 bits per heavy atom. The highest BCUT2D eigenvalue weighted by atomic mass is 35.5. The van der Waals surface area contributed by atoms with Crippen molar-refractivity contribution in [3.63, 3.8) is 0 Å². The number of halogens is 1. The van der Waals surface area contributed by atoms with Crippen LogP contribution in [0.15, 0.2) is 95.7 Å². The number of hydrogen-bond acceptors (Lipinski definition) is 5. The molecule has 0 aliphatic carbocycles. The largest absolute Gasteiger partial charge is 0.454 e. The maximum absolute atomic E-state index is 6.17. The van der Waals surface area contributed by atoms with Crippen molar-refractivity contribution in [2.75, 3.05) is 0 Å². The van der Waals surface area contributed by atoms with Crippen molar-refractivity contribution in [3.05, 3.63) is 96.3 Å². The summed E-state index contributed by atoms with van der Waals surface area (Å²) in [6.07, 6.45) is 3.47. The van der Waals surface area contributed by atoms with Crippen molar-refractivity contribution in [2.45, 2.75) is 0 Å². The lowest BCUT2D eigenvalue weighted by atomic mass is 10.1. The highest BCUT2D eigenvalue weighted by Gasteiger charge is 2.18. The molecule has 0 aliphatic heterocycles. The lowest BCUT2D eigenvalue weighted by molar-refractivity contribution is 0.667. The lowest BCUT2D eigenvalue weighted by Gasteiger charge is -2.08. The van der Waals surface area contributed by atoms with Crippen molar-refractivity contribution in [2.24, 2.45) is 0 Å². The molecule has 6 heteroatoms. The van der Waals surface area contributed by atoms with E-state index in [1.54, 1.807) is 18.5 Å². The van der Waals surface area contributed by atoms with Crippen LogP contribution in [-0.2, 0) is 0 Å². The standard InChI is InChI=1S/C26H15ClN4O/c27-18-11-12-19-21(13-18)32-22-15-28-14-20(23(19)22)26-30-24(16-7-3-1-4-8-16)29-25(31-26)17-9-5-2-6-10-17/h1-15H. The topological polar surface area (TPSA) is 64.7 Å². The predicted octanol–water partition coefficient (Wildman–Crippen LogP) is 6.82. The molecule has 6 aromatic rings. The molecule has 0 bridgehead atoms. The van der Waals surface area contributed by atoms with Gasteiger partial charge in [-0.1, -0.05) is 72.3 Å². The van der Waals surface area contributed by atoms with Gasteiger partial charge in [-0.3, -0.25) is 4.98 Å². The first-order chi connectivity index (χ1) is 15.8. The SMILES string of the molecule is Clc1ccc2c(c1)oc1cncc(-c3nc(-c4ccccc4)nc(-c4ccccc4)n3)c12. The Hall–Kier alpha value is -4.09. The molecule has 3 aromatic heterocycles. The van der Waals surface area contributed by atoms with Crippen LogP contribution >= 0.6 is 11.6 Å². The summed E-state index contributed by atoms with van der Waals surface area (Å²) < 4.78 is 6.01. The highest BCUT2D eigenvalue weighted by molar-refractivity contribution is 6.31. The molecule has 0 fully saturated rings. The number of furan rings is 1. The molecule has 0 amide bonds. The van der Waals surface area contributed by atoms with Gasteiger partial charge in [0.15, 0.2) is 23.1 Å². The normalized spacial score (nSPS) is 11.3. The van der Waals surface area contributed by atoms with E-state index in [2.05, 4.69) is 4.98 Å². The van der Waals surface area contributed by atoms with Gasteiger partial charge in [0.2, 0.25) is 0 Å². The molecule has 32 heavy (non-hydrogen) atoms. The van der Waals surface area contributed by atoms with E-state index < -0.39 is 0 Å². The summed E-state index contributed by atoms with van der Waals surface area (Å²) in [4.78, 5) is 18.8. The third-order valence-electron chi connectivity index (χ3n) is 5.28. The fraction of sp³-hybridized carbons (Fsp3) is 0. The zero-order valence-corrected chi connectivity index (χ0v) is 17.5. The minimum absolute atomic E-state index is 0.536. The third kappa shape index (κ3) is 3.20. The van der Waals surface area contributed by atoms with Crippen LogP contribution < -0.4 is 0 Å². The van der Waals surface area contributed by atoms with Crippen LogP contribution in [0.3, 0.4) is 0 Å². The van der Waals surface area contributed by atoms with E-state index in [4.69, 9.17) is 31.0 Å². The van der Waals surface area contributed by atoms with Crippen LogP contribution in [-0.4, -0.2) is 19.9 Å². The zero-order chi connectivity index (χ0) is 21.5. The number of nitrogens with zero attached hydrogens (tertiary/aromatic N) is 4. The fourth-order valence-corrected chi connectivity index (χ4v) is 3.96. The number of aromatic nitrogens is 4. The Morgan fingerprint density at radius 2 is 1.25 bits per heavy atom. The molecule has 152 valence electrons. The second-order valence-corrected chi connectivity index (χ2v) is 7.78. The van der Waals surface area contributed by atoms with Gasteiger partial charge in [0.1, 0.15) is 5.58 Å². The average molecular weight is 435 g/mol. The molecule has 3 heterocycles. The maximum Gasteiger partial charge on any atom is 0.166 e. The van der Waals surface area contributed by atoms with E-state index in [9.17, 15) is 0 Å². The van der Waals surface area contributed by atoms with Crippen molar-refractivity contribution >= 4 is 33.5 Å². The summed E-state index contributed by atoms with van der Waals surface area (Å²) in [7, 11) is 0. The Labute approximate surface area is 188 Å². The zero-order valence-electron chi connectivity index (χ0n) is 16.7. The van der Waals surface area contributed by atoms with E-state index in [1.807, 2.05) is 72.8 Å². The monoisotopic (exact) mass is 434 g/mol. The van der Waals surface area contributed by atoms with E-state index >= 15 is 0 Å². The minimum Gasteiger partial charge on any atom is -0.454 e. The van der Waals surface area contributed by atoms with Crippen LogP contribution in [0, 0.1) is 0 Å². The van der Waals surface area contributed by atoms with E-state index in [-0.39, 0.29) is 0 Å². The summed E-state index contributed by atoms with van der Waals surface area (Å²) in [5, 5.41) is 2.45. The number of benzene rings is 3. The molecule has 0 aliphatic rings. The molecule has 0 spiro atoms. The highest BCUT2D eigenvalue weighted by Crippen LogP contribution is 2.36. The summed E-state index contributed by atoms with van der Waals surface area (Å²) in [5.74, 6) is 1.73. The van der Waals surface area contributed by atoms with Crippen molar-refractivity contribution < 1.29 is 4.42 Å². The van der Waals surface area contributed by atoms with Crippen molar-refractivity contribution in [1.29, 1.82) is 0 Å². The molecule has 0 radical (unpaired) electrons. The first-order valence-electron chi connectivity index (χ1n) is 10.1. The predicted molar refractivity (Wildman–Crippen MR) is 126 cm³/mol. The molecule has 5 nitrogen and oxygen atoms in total. The van der Waals surface area contributed by atoms with Crippen LogP contribution in [0.5, 0.6) is 0 Å². The second kappa shape index (κ2) is 7.55. The molecular weight excluding hydrogens is 420 g/mol. The molecule has 0 unspecified atom stereocenters. The van der Waals surface area contributed by atoms with E-state index in [0.29, 0.717) is 33.7 Å². The van der Waals surface area contributed by atoms with Gasteiger partial charge in [0.05, 0.1) is 6.20 Å². The lowest BCUT2D eigenvalue weighted by Crippen LogP contribution is -2.00. The number of hydrogen-bond donors (Lipinski definition) is 0. The molecule has 0 saturated carbocycles. The number of rotatable bonds is 3. The fourth-order valence-electron chi connectivity index (χ4n) is 3.80. The molecule has 6 rings (SSSR count). The van der Waals surface area contributed by atoms with Crippen LogP contribution in [0.4, 0.5) is 0 Å². The molecular formula is C26H15ClN4O. The van der Waals surface area contributed by atoms with Gasteiger partial charge in [-0.05, 0) is 12.1 Å². The molecule has 0 N–H and O–H groups in total. The Morgan fingerprint density at radius 1 is 0.625 bits per heavy atom. The summed E-state index contributed by atoms with van der Waals surface area (Å²) in [6.45, 7) is 0. The van der Waals surface area contributed by atoms with Gasteiger partial charge in [0, 0.05) is 44.7 Å². The van der Waals surface area contributed by atoms with Crippen LogP contribution in [0.25, 0.3) is 56.1 Å². The van der Waals surface area contributed by atoms with E-state index in [0.717, 1.165) is 27.5 Å². The van der Waals surface area contributed by atoms with Gasteiger partial charge in [-0.25, -0.2) is 15.0 Å². The van der Waals surface area contributed by atoms with Crippen LogP contribution in [0.1, 0.15) is 0 Å². The average Bonchev–Trinajstić information content (AvgIpc) is 3.22. The second-order valence-electron chi connectivity index (χ2n) is 7.34. The Balaban J connectivity index is 1.65. The van der Waals surface area contributed by atoms with E-state index in [1.165, 1.54) is 0 Å². The Kier molecular flexibility index (Phi) is 4.40. The smallest absolute Gasteiger partial charge is 0.166 e. The Bertz CT molecular complexity index is 1520. The van der Waals surface area contributed by atoms with Gasteiger partial charge >= 0.3 is 0 Å². The van der Waals surface area contributed by atoms with Crippen molar-refractivity contribution in [3.8, 4) is 34.2 Å². The minimum atomic E-state index is 0.536. The molecule has 0 atom stereocenters. The van der Waals surface area contributed by atoms with Gasteiger partial charge in [-0.2, -0.15) is 0 Å². The molecule has 0 saturated heterocycles.